The van der Waals surface area contributed by atoms with Gasteiger partial charge in [-0.3, -0.25) is 9.59 Å². The van der Waals surface area contributed by atoms with E-state index < -0.39 is 12.1 Å². The molecule has 6 nitrogen and oxygen atoms in total. The van der Waals surface area contributed by atoms with Gasteiger partial charge in [0.1, 0.15) is 0 Å². The summed E-state index contributed by atoms with van der Waals surface area (Å²) in [5.74, 6) is -0.0108. The van der Waals surface area contributed by atoms with Crippen molar-refractivity contribution in [1.29, 1.82) is 0 Å². The number of nitrogens with one attached hydrogen (secondary N) is 1. The Morgan fingerprint density at radius 1 is 0.333 bits per heavy atom. The zero-order valence-corrected chi connectivity index (χ0v) is 57.2. The number of amides is 1. The van der Waals surface area contributed by atoms with E-state index in [-0.39, 0.29) is 18.5 Å². The summed E-state index contributed by atoms with van der Waals surface area (Å²) in [7, 11) is 0. The van der Waals surface area contributed by atoms with Crippen LogP contribution < -0.4 is 5.32 Å². The average Bonchev–Trinajstić information content (AvgIpc) is 3.51. The van der Waals surface area contributed by atoms with Crippen molar-refractivity contribution in [2.45, 2.75) is 450 Å². The van der Waals surface area contributed by atoms with Crippen molar-refractivity contribution in [3.8, 4) is 0 Å². The minimum Gasteiger partial charge on any atom is -0.466 e. The molecule has 0 radical (unpaired) electrons. The number of carbonyl (C=O) groups excluding carboxylic acids is 2. The lowest BCUT2D eigenvalue weighted by Crippen LogP contribution is -2.45. The zero-order chi connectivity index (χ0) is 60.6. The lowest BCUT2D eigenvalue weighted by molar-refractivity contribution is -0.143. The first-order chi connectivity index (χ1) is 41.5. The molecule has 0 aromatic rings. The van der Waals surface area contributed by atoms with E-state index >= 15 is 0 Å². The Hall–Kier alpha value is -1.66. The molecule has 0 rings (SSSR count). The molecule has 6 heteroatoms. The van der Waals surface area contributed by atoms with E-state index in [2.05, 4.69) is 43.5 Å². The third-order valence-corrected chi connectivity index (χ3v) is 18.3. The summed E-state index contributed by atoms with van der Waals surface area (Å²) < 4.78 is 5.49. The van der Waals surface area contributed by atoms with Crippen molar-refractivity contribution in [1.82, 2.24) is 5.32 Å². The Balaban J connectivity index is 3.37. The summed E-state index contributed by atoms with van der Waals surface area (Å²) in [4.78, 5) is 24.6. The van der Waals surface area contributed by atoms with E-state index in [0.29, 0.717) is 25.9 Å². The molecule has 0 saturated heterocycles. The van der Waals surface area contributed by atoms with Gasteiger partial charge < -0.3 is 20.3 Å². The number of unbranched alkanes of at least 4 members (excludes halogenated alkanes) is 58. The molecule has 0 heterocycles. The maximum Gasteiger partial charge on any atom is 0.305 e. The topological polar surface area (TPSA) is 95.9 Å². The second-order valence-electron chi connectivity index (χ2n) is 26.7. The van der Waals surface area contributed by atoms with Crippen LogP contribution in [0.1, 0.15) is 438 Å². The van der Waals surface area contributed by atoms with Crippen LogP contribution in [0.2, 0.25) is 0 Å². The van der Waals surface area contributed by atoms with Gasteiger partial charge in [0.2, 0.25) is 5.91 Å². The van der Waals surface area contributed by atoms with Crippen LogP contribution in [0.4, 0.5) is 0 Å². The molecular formula is C78H151NO5. The van der Waals surface area contributed by atoms with Crippen LogP contribution >= 0.6 is 0 Å². The summed E-state index contributed by atoms with van der Waals surface area (Å²) in [6.45, 7) is 5.00. The molecule has 0 spiro atoms. The molecule has 0 aromatic heterocycles. The van der Waals surface area contributed by atoms with Crippen LogP contribution in [0, 0.1) is 0 Å². The standard InChI is InChI=1S/C78H151NO5/c1-3-5-7-9-11-13-15-17-19-20-21-37-40-43-46-50-54-58-62-66-70-76(81)75(74-80)79-77(82)71-67-63-59-55-51-47-44-41-38-35-33-31-29-27-25-23-22-24-26-28-30-32-34-36-39-42-45-49-53-57-61-65-69-73-84-78(83)72-68-64-60-56-52-48-18-16-14-12-10-8-6-4-2/h26,28,32,34,75-76,80-81H,3-25,27,29-31,33,35-74H2,1-2H3,(H,79,82)/b28-26-,34-32-. The Labute approximate surface area is 526 Å². The van der Waals surface area contributed by atoms with Gasteiger partial charge in [0.25, 0.3) is 0 Å². The lowest BCUT2D eigenvalue weighted by atomic mass is 10.0. The van der Waals surface area contributed by atoms with E-state index in [0.717, 1.165) is 44.9 Å². The van der Waals surface area contributed by atoms with E-state index in [1.807, 2.05) is 0 Å². The normalized spacial score (nSPS) is 12.6. The Morgan fingerprint density at radius 2 is 0.595 bits per heavy atom. The molecule has 0 saturated carbocycles. The van der Waals surface area contributed by atoms with Gasteiger partial charge in [-0.25, -0.2) is 0 Å². The van der Waals surface area contributed by atoms with Gasteiger partial charge in [0, 0.05) is 12.8 Å². The third-order valence-electron chi connectivity index (χ3n) is 18.3. The second-order valence-corrected chi connectivity index (χ2v) is 26.7. The molecule has 2 unspecified atom stereocenters. The SMILES string of the molecule is CCCCCCCCCCCCCCCCCCCCCCC(O)C(CO)NC(=O)CCCCCCCCCCCCCCCCCCC/C=C\C/C=C\CCCCCCCCCCCOC(=O)CCCCCCCCCCCCCCCC. The predicted octanol–water partition coefficient (Wildman–Crippen LogP) is 25.3. The van der Waals surface area contributed by atoms with Gasteiger partial charge >= 0.3 is 5.97 Å². The van der Waals surface area contributed by atoms with Gasteiger partial charge in [-0.05, 0) is 57.8 Å². The van der Waals surface area contributed by atoms with Crippen molar-refractivity contribution < 1.29 is 24.5 Å². The maximum absolute atomic E-state index is 12.6. The molecule has 0 aliphatic carbocycles. The van der Waals surface area contributed by atoms with Crippen molar-refractivity contribution in [2.24, 2.45) is 0 Å². The zero-order valence-electron chi connectivity index (χ0n) is 57.2. The number of carbonyl (C=O) groups is 2. The smallest absolute Gasteiger partial charge is 0.305 e. The molecule has 2 atom stereocenters. The summed E-state index contributed by atoms with van der Waals surface area (Å²) >= 11 is 0. The first kappa shape index (κ1) is 82.3. The van der Waals surface area contributed by atoms with Crippen molar-refractivity contribution >= 4 is 11.9 Å². The van der Waals surface area contributed by atoms with Crippen molar-refractivity contribution in [3.63, 3.8) is 0 Å². The van der Waals surface area contributed by atoms with E-state index in [9.17, 15) is 19.8 Å². The fraction of sp³-hybridized carbons (Fsp3) is 0.923. The minimum atomic E-state index is -0.664. The van der Waals surface area contributed by atoms with Crippen molar-refractivity contribution in [3.05, 3.63) is 24.3 Å². The molecule has 0 aliphatic rings. The Kier molecular flexibility index (Phi) is 72.3. The number of aliphatic hydroxyl groups excluding tert-OH is 2. The van der Waals surface area contributed by atoms with Gasteiger partial charge in [-0.1, -0.05) is 391 Å². The molecular weight excluding hydrogens is 1030 g/mol. The number of hydrogen-bond donors (Lipinski definition) is 3. The van der Waals surface area contributed by atoms with Crippen LogP contribution in [0.15, 0.2) is 24.3 Å². The maximum atomic E-state index is 12.6. The molecule has 84 heavy (non-hydrogen) atoms. The molecule has 3 N–H and O–H groups in total. The lowest BCUT2D eigenvalue weighted by Gasteiger charge is -2.22. The van der Waals surface area contributed by atoms with Gasteiger partial charge in [0.15, 0.2) is 0 Å². The summed E-state index contributed by atoms with van der Waals surface area (Å²) in [5, 5.41) is 23.4. The van der Waals surface area contributed by atoms with E-state index in [1.165, 1.54) is 360 Å². The second kappa shape index (κ2) is 73.8. The van der Waals surface area contributed by atoms with Gasteiger partial charge in [0.05, 0.1) is 25.4 Å². The monoisotopic (exact) mass is 1180 g/mol. The van der Waals surface area contributed by atoms with Crippen molar-refractivity contribution in [2.75, 3.05) is 13.2 Å². The Morgan fingerprint density at radius 3 is 0.905 bits per heavy atom. The fourth-order valence-corrected chi connectivity index (χ4v) is 12.4. The highest BCUT2D eigenvalue weighted by Crippen LogP contribution is 2.20. The summed E-state index contributed by atoms with van der Waals surface area (Å²) in [6.07, 6.45) is 94.0. The first-order valence-electron chi connectivity index (χ1n) is 38.6. The van der Waals surface area contributed by atoms with Gasteiger partial charge in [-0.15, -0.1) is 0 Å². The summed E-state index contributed by atoms with van der Waals surface area (Å²) in [5.41, 5.74) is 0. The van der Waals surface area contributed by atoms with Crippen LogP contribution in [0.3, 0.4) is 0 Å². The number of rotatable bonds is 73. The van der Waals surface area contributed by atoms with Crippen LogP contribution in [0.5, 0.6) is 0 Å². The molecule has 0 aliphatic heterocycles. The quantitative estimate of drug-likeness (QED) is 0.0320. The Bertz CT molecular complexity index is 1320. The number of ether oxygens (including phenoxy) is 1. The van der Waals surface area contributed by atoms with E-state index in [1.54, 1.807) is 0 Å². The third kappa shape index (κ3) is 69.4. The highest BCUT2D eigenvalue weighted by Gasteiger charge is 2.20. The minimum absolute atomic E-state index is 0.0174. The first-order valence-corrected chi connectivity index (χ1v) is 38.6. The highest BCUT2D eigenvalue weighted by atomic mass is 16.5. The van der Waals surface area contributed by atoms with Crippen LogP contribution in [-0.2, 0) is 14.3 Å². The fourth-order valence-electron chi connectivity index (χ4n) is 12.4. The highest BCUT2D eigenvalue weighted by molar-refractivity contribution is 5.76. The molecule has 0 fully saturated rings. The summed E-state index contributed by atoms with van der Waals surface area (Å²) in [6, 6.07) is -0.541. The molecule has 1 amide bonds. The molecule has 498 valence electrons. The van der Waals surface area contributed by atoms with Crippen LogP contribution in [0.25, 0.3) is 0 Å². The average molecular weight is 1180 g/mol. The number of aliphatic hydroxyl groups is 2. The van der Waals surface area contributed by atoms with Gasteiger partial charge in [-0.2, -0.15) is 0 Å². The number of esters is 1. The van der Waals surface area contributed by atoms with Crippen LogP contribution in [-0.4, -0.2) is 47.4 Å². The largest absolute Gasteiger partial charge is 0.466 e. The number of allylic oxidation sites excluding steroid dienone is 4. The number of hydrogen-bond acceptors (Lipinski definition) is 5. The predicted molar refractivity (Wildman–Crippen MR) is 370 cm³/mol. The molecule has 0 bridgehead atoms. The molecule has 0 aromatic carbocycles. The van der Waals surface area contributed by atoms with E-state index in [4.69, 9.17) is 4.74 Å².